The van der Waals surface area contributed by atoms with Crippen LogP contribution in [0.3, 0.4) is 0 Å². The average molecular weight is 1170 g/mol. The van der Waals surface area contributed by atoms with Gasteiger partial charge in [0.15, 0.2) is 0 Å². The van der Waals surface area contributed by atoms with E-state index in [1.54, 1.807) is 0 Å². The van der Waals surface area contributed by atoms with Gasteiger partial charge in [-0.15, -0.1) is 6.54 Å². The summed E-state index contributed by atoms with van der Waals surface area (Å²) in [4.78, 5) is 0. The largest absolute Gasteiger partial charge is 0.657 e. The summed E-state index contributed by atoms with van der Waals surface area (Å²) in [5.74, 6) is -48.2. The summed E-state index contributed by atoms with van der Waals surface area (Å²) in [7, 11) is 0. The SMILES string of the molecule is FC(F)(C[N-]CC(F)(F)CC(F)(F)C(F)(F)F)CC(F)(F)C(F)(F)F.FC(F)(F)C(F)(F)C[N-]CC(F)(F)C(F)(F)F.FC(F)(F)C[N-]CC(F)(F)F.FC1(F)CC[N-]CC1(F)F.FC1(F)C[N-]CC1(F)F. The van der Waals surface area contributed by atoms with E-state index in [1.807, 2.05) is 5.32 Å². The molecule has 0 saturated carbocycles. The van der Waals surface area contributed by atoms with Crippen molar-refractivity contribution in [1.29, 1.82) is 0 Å². The molecule has 0 spiro atoms. The second-order valence-corrected chi connectivity index (χ2v) is 13.9. The van der Waals surface area contributed by atoms with Crippen LogP contribution in [0.25, 0.3) is 26.6 Å². The Kier molecular flexibility index (Phi) is 25.3. The molecule has 0 amide bonds. The van der Waals surface area contributed by atoms with E-state index in [4.69, 9.17) is 0 Å². The lowest BCUT2D eigenvalue weighted by atomic mass is 10.1. The second kappa shape index (κ2) is 24.9. The third kappa shape index (κ3) is 27.1. The van der Waals surface area contributed by atoms with Crippen molar-refractivity contribution in [2.24, 2.45) is 0 Å². The summed E-state index contributed by atoms with van der Waals surface area (Å²) < 4.78 is 452. The molecule has 43 heteroatoms. The van der Waals surface area contributed by atoms with Gasteiger partial charge in [-0.3, -0.25) is 0 Å². The summed E-state index contributed by atoms with van der Waals surface area (Å²) in [5.41, 5.74) is 0. The molecule has 2 saturated heterocycles. The van der Waals surface area contributed by atoms with E-state index in [9.17, 15) is 167 Å². The van der Waals surface area contributed by atoms with Crippen LogP contribution in [0.15, 0.2) is 0 Å². The Hall–Kier alpha value is -2.86. The number of halogens is 38. The number of alkyl halides is 38. The van der Waals surface area contributed by atoms with Crippen LogP contribution < -0.4 is 0 Å². The molecular formula is C29H26F38N5-5. The smallest absolute Gasteiger partial charge is 0.453 e. The van der Waals surface area contributed by atoms with Crippen molar-refractivity contribution < 1.29 is 167 Å². The van der Waals surface area contributed by atoms with Gasteiger partial charge in [-0.2, -0.15) is 114 Å². The zero-order chi connectivity index (χ0) is 58.7. The molecule has 0 N–H and O–H groups in total. The van der Waals surface area contributed by atoms with E-state index in [-0.39, 0.29) is 6.54 Å². The van der Waals surface area contributed by atoms with Crippen molar-refractivity contribution in [1.82, 2.24) is 0 Å². The van der Waals surface area contributed by atoms with E-state index in [1.165, 1.54) is 0 Å². The number of hydrogen-bond acceptors (Lipinski definition) is 0. The number of rotatable bonds is 14. The summed E-state index contributed by atoms with van der Waals surface area (Å²) in [6.07, 6.45) is -41.3. The van der Waals surface area contributed by atoms with Crippen LogP contribution in [0.4, 0.5) is 167 Å². The third-order valence-electron chi connectivity index (χ3n) is 7.09. The van der Waals surface area contributed by atoms with Gasteiger partial charge in [-0.05, 0) is 6.42 Å². The summed E-state index contributed by atoms with van der Waals surface area (Å²) in [5, 5.41) is 12.4. The van der Waals surface area contributed by atoms with Gasteiger partial charge in [-0.25, -0.2) is 52.7 Å². The molecule has 2 rings (SSSR count). The van der Waals surface area contributed by atoms with Crippen LogP contribution in [-0.4, -0.2) is 162 Å². The van der Waals surface area contributed by atoms with E-state index in [2.05, 4.69) is 21.3 Å². The van der Waals surface area contributed by atoms with Crippen LogP contribution in [0, 0.1) is 0 Å². The van der Waals surface area contributed by atoms with Crippen LogP contribution in [0.2, 0.25) is 0 Å². The molecule has 0 radical (unpaired) electrons. The van der Waals surface area contributed by atoms with Gasteiger partial charge < -0.3 is 26.6 Å². The Labute approximate surface area is 375 Å². The first-order chi connectivity index (χ1) is 30.9. The molecule has 2 heterocycles. The highest BCUT2D eigenvalue weighted by Crippen LogP contribution is 2.47. The first kappa shape index (κ1) is 73.4. The van der Waals surface area contributed by atoms with Crippen molar-refractivity contribution in [2.45, 2.75) is 116 Å². The highest BCUT2D eigenvalue weighted by Gasteiger charge is 2.63. The second-order valence-electron chi connectivity index (χ2n) is 13.9. The van der Waals surface area contributed by atoms with Crippen molar-refractivity contribution in [3.05, 3.63) is 26.6 Å². The normalized spacial score (nSPS) is 19.1. The Morgan fingerprint density at radius 1 is 0.292 bits per heavy atom. The molecule has 0 bridgehead atoms. The Balaban J connectivity index is -0.000000876. The monoisotopic (exact) mass is 1170 g/mol. The molecule has 0 aromatic rings. The maximum absolute atomic E-state index is 12.9. The average Bonchev–Trinajstić information content (AvgIpc) is 3.31. The van der Waals surface area contributed by atoms with Crippen LogP contribution in [-0.2, 0) is 0 Å². The van der Waals surface area contributed by atoms with Gasteiger partial charge >= 0.3 is 66.7 Å². The maximum Gasteiger partial charge on any atom is 0.453 e. The quantitative estimate of drug-likeness (QED) is 0.156. The zero-order valence-electron chi connectivity index (χ0n) is 33.8. The van der Waals surface area contributed by atoms with Crippen LogP contribution in [0.1, 0.15) is 19.3 Å². The van der Waals surface area contributed by atoms with Gasteiger partial charge in [0.05, 0.1) is 12.8 Å². The Morgan fingerprint density at radius 2 is 0.528 bits per heavy atom. The fraction of sp³-hybridized carbons (Fsp3) is 1.00. The highest BCUT2D eigenvalue weighted by molar-refractivity contribution is 5.09. The molecule has 2 fully saturated rings. The van der Waals surface area contributed by atoms with Gasteiger partial charge in [0.25, 0.3) is 17.8 Å². The third-order valence-corrected chi connectivity index (χ3v) is 7.09. The van der Waals surface area contributed by atoms with Crippen LogP contribution >= 0.6 is 0 Å². The summed E-state index contributed by atoms with van der Waals surface area (Å²) in [6, 6.07) is 0. The lowest BCUT2D eigenvalue weighted by molar-refractivity contribution is -0.300. The number of nitrogens with zero attached hydrogens (tertiary/aromatic N) is 5. The molecule has 0 atom stereocenters. The predicted molar refractivity (Wildman–Crippen MR) is 165 cm³/mol. The molecule has 0 unspecified atom stereocenters. The Bertz CT molecular complexity index is 1440. The van der Waals surface area contributed by atoms with Crippen molar-refractivity contribution in [3.8, 4) is 0 Å². The van der Waals surface area contributed by atoms with Gasteiger partial charge in [0.2, 0.25) is 11.8 Å². The van der Waals surface area contributed by atoms with Crippen molar-refractivity contribution >= 4 is 0 Å². The van der Waals surface area contributed by atoms with E-state index >= 15 is 0 Å². The first-order valence-electron chi connectivity index (χ1n) is 17.3. The fourth-order valence-corrected chi connectivity index (χ4v) is 3.48. The molecule has 0 aromatic heterocycles. The first-order valence-corrected chi connectivity index (χ1v) is 17.3. The summed E-state index contributed by atoms with van der Waals surface area (Å²) in [6.45, 7) is -16.5. The number of piperidine rings is 1. The van der Waals surface area contributed by atoms with E-state index < -0.39 is 174 Å². The lowest BCUT2D eigenvalue weighted by Crippen LogP contribution is -2.47. The molecule has 2 aliphatic rings. The van der Waals surface area contributed by atoms with Gasteiger partial charge in [0.1, 0.15) is 0 Å². The van der Waals surface area contributed by atoms with Gasteiger partial charge in [-0.1, -0.05) is 58.9 Å². The van der Waals surface area contributed by atoms with E-state index in [0.717, 1.165) is 0 Å². The fourth-order valence-electron chi connectivity index (χ4n) is 3.48. The molecular weight excluding hydrogens is 1140 g/mol. The highest BCUT2D eigenvalue weighted by atomic mass is 19.5. The van der Waals surface area contributed by atoms with Crippen LogP contribution in [0.5, 0.6) is 0 Å². The Morgan fingerprint density at radius 3 is 0.722 bits per heavy atom. The topological polar surface area (TPSA) is 70.5 Å². The molecule has 2 aliphatic heterocycles. The van der Waals surface area contributed by atoms with Gasteiger partial charge in [0, 0.05) is 0 Å². The predicted octanol–water partition coefficient (Wildman–Crippen LogP) is 15.7. The molecule has 5 nitrogen and oxygen atoms in total. The number of hydrogen-bond donors (Lipinski definition) is 0. The zero-order valence-corrected chi connectivity index (χ0v) is 33.8. The molecule has 0 aromatic carbocycles. The molecule has 0 aliphatic carbocycles. The molecule has 72 heavy (non-hydrogen) atoms. The standard InChI is InChI=1S/C10H8F14N.C6H4F10N.C5H6F4N.C4H4F6N.C4H4F4N/c11-5(12,1-7(15,16)9(19,20)21)3-25-4-6(13,14)2-8(17,18)10(22,23)24;7-3(8,5(11,12)13)1-17-2-4(9,10)6(14,15)16;6-4(7)1-2-10-3-5(4,8)9;5-3(6,7)1-11-2-4(8,9)10;5-3(6)1-9-2-4(3,7)8/h1-4H2;1-2H2;1-3H2;1-2H2;1-2H2/q5*-1. The summed E-state index contributed by atoms with van der Waals surface area (Å²) >= 11 is 0. The molecule has 438 valence electrons. The lowest BCUT2D eigenvalue weighted by Gasteiger charge is -2.38. The van der Waals surface area contributed by atoms with Crippen molar-refractivity contribution in [2.75, 3.05) is 65.4 Å². The minimum absolute atomic E-state index is 0.164. The minimum atomic E-state index is -6.37. The van der Waals surface area contributed by atoms with E-state index in [0.29, 0.717) is 0 Å². The van der Waals surface area contributed by atoms with Crippen molar-refractivity contribution in [3.63, 3.8) is 0 Å². The minimum Gasteiger partial charge on any atom is -0.657 e. The maximum atomic E-state index is 12.9.